The van der Waals surface area contributed by atoms with Gasteiger partial charge in [-0.2, -0.15) is 5.10 Å². The Morgan fingerprint density at radius 1 is 1.32 bits per heavy atom. The molecule has 0 fully saturated rings. The van der Waals surface area contributed by atoms with Crippen molar-refractivity contribution >= 4 is 17.3 Å². The lowest BCUT2D eigenvalue weighted by molar-refractivity contribution is 0.577. The second kappa shape index (κ2) is 7.93. The smallest absolute Gasteiger partial charge is 0.216 e. The van der Waals surface area contributed by atoms with Crippen LogP contribution in [0, 0.1) is 13.8 Å². The molecule has 0 aromatic carbocycles. The molecule has 0 bridgehead atoms. The number of aliphatic imine (C=N–C) groups is 1. The largest absolute Gasteiger partial charge is 0.461 e. The number of hydrogen-bond donors (Lipinski definition) is 3. The molecule has 0 saturated heterocycles. The van der Waals surface area contributed by atoms with Gasteiger partial charge < -0.3 is 15.1 Å². The Balaban J connectivity index is 1.45. The molecule has 3 N–H and O–H groups in total. The van der Waals surface area contributed by atoms with E-state index in [0.717, 1.165) is 22.5 Å². The summed E-state index contributed by atoms with van der Waals surface area (Å²) in [7, 11) is 1.75. The average Bonchev–Trinajstić information content (AvgIpc) is 3.33. The normalized spacial score (nSPS) is 11.7. The fraction of sp³-hybridized carbons (Fsp3) is 0.375. The summed E-state index contributed by atoms with van der Waals surface area (Å²) in [5, 5.41) is 14.7. The molecule has 0 unspecified atom stereocenters. The van der Waals surface area contributed by atoms with Gasteiger partial charge in [-0.25, -0.2) is 9.97 Å². The fourth-order valence-electron chi connectivity index (χ4n) is 2.22. The van der Waals surface area contributed by atoms with E-state index in [0.29, 0.717) is 31.1 Å². The third-order valence-corrected chi connectivity index (χ3v) is 4.70. The highest BCUT2D eigenvalue weighted by Gasteiger charge is 2.08. The van der Waals surface area contributed by atoms with Gasteiger partial charge in [-0.3, -0.25) is 10.1 Å². The molecule has 0 saturated carbocycles. The number of hydrogen-bond acceptors (Lipinski definition) is 6. The lowest BCUT2D eigenvalue weighted by atomic mass is 10.4. The number of aromatic amines is 1. The first kappa shape index (κ1) is 17.2. The van der Waals surface area contributed by atoms with E-state index >= 15 is 0 Å². The van der Waals surface area contributed by atoms with Crippen LogP contribution < -0.4 is 10.6 Å². The molecule has 3 rings (SSSR count). The Morgan fingerprint density at radius 2 is 2.20 bits per heavy atom. The molecule has 0 amide bonds. The van der Waals surface area contributed by atoms with Crippen LogP contribution in [-0.4, -0.2) is 39.7 Å². The first-order valence-corrected chi connectivity index (χ1v) is 8.80. The molecule has 0 spiro atoms. The minimum atomic E-state index is 0.567. The molecule has 0 atom stereocenters. The molecule has 3 aromatic heterocycles. The number of nitrogens with one attached hydrogen (secondary N) is 3. The van der Waals surface area contributed by atoms with Crippen LogP contribution in [0.1, 0.15) is 21.4 Å². The predicted molar refractivity (Wildman–Crippen MR) is 97.6 cm³/mol. The molecule has 132 valence electrons. The number of rotatable bonds is 6. The van der Waals surface area contributed by atoms with E-state index < -0.39 is 0 Å². The summed E-state index contributed by atoms with van der Waals surface area (Å²) in [5.41, 5.74) is 1.09. The summed E-state index contributed by atoms with van der Waals surface area (Å²) < 4.78 is 5.28. The van der Waals surface area contributed by atoms with Gasteiger partial charge in [0.25, 0.3) is 0 Å². The molecular weight excluding hydrogens is 338 g/mol. The number of furan rings is 1. The molecule has 0 aliphatic heterocycles. The zero-order valence-electron chi connectivity index (χ0n) is 14.5. The fourth-order valence-corrected chi connectivity index (χ4v) is 3.09. The van der Waals surface area contributed by atoms with Crippen molar-refractivity contribution in [2.24, 2.45) is 4.99 Å². The van der Waals surface area contributed by atoms with Gasteiger partial charge in [-0.1, -0.05) is 0 Å². The lowest BCUT2D eigenvalue weighted by Gasteiger charge is -2.09. The third-order valence-electron chi connectivity index (χ3n) is 3.63. The molecule has 8 nitrogen and oxygen atoms in total. The zero-order valence-corrected chi connectivity index (χ0v) is 15.3. The van der Waals surface area contributed by atoms with Crippen molar-refractivity contribution in [3.05, 3.63) is 39.8 Å². The summed E-state index contributed by atoms with van der Waals surface area (Å²) >= 11 is 1.70. The number of aryl methyl sites for hydroxylation is 2. The second-order valence-corrected chi connectivity index (χ2v) is 6.72. The van der Waals surface area contributed by atoms with E-state index in [1.54, 1.807) is 24.6 Å². The highest BCUT2D eigenvalue weighted by molar-refractivity contribution is 7.11. The van der Waals surface area contributed by atoms with Gasteiger partial charge in [0.15, 0.2) is 11.7 Å². The van der Waals surface area contributed by atoms with Crippen molar-refractivity contribution in [3.8, 4) is 11.6 Å². The van der Waals surface area contributed by atoms with Crippen molar-refractivity contribution in [1.29, 1.82) is 0 Å². The summed E-state index contributed by atoms with van der Waals surface area (Å²) in [6.45, 7) is 5.45. The zero-order chi connectivity index (χ0) is 17.6. The quantitative estimate of drug-likeness (QED) is 0.460. The van der Waals surface area contributed by atoms with Crippen LogP contribution in [0.25, 0.3) is 11.6 Å². The Labute approximate surface area is 149 Å². The van der Waals surface area contributed by atoms with Crippen LogP contribution in [0.3, 0.4) is 0 Å². The standard InChI is InChI=1S/C16H21N7OS/c1-10-11(2)25-14(20-10)9-19-16(17-3)18-7-6-13-21-15(23-22-13)12-5-4-8-24-12/h4-5,8H,6-7,9H2,1-3H3,(H2,17,18,19)(H,21,22,23). The van der Waals surface area contributed by atoms with Crippen LogP contribution in [0.4, 0.5) is 0 Å². The number of H-pyrrole nitrogens is 1. The lowest BCUT2D eigenvalue weighted by Crippen LogP contribution is -2.37. The maximum Gasteiger partial charge on any atom is 0.216 e. The van der Waals surface area contributed by atoms with E-state index in [9.17, 15) is 0 Å². The van der Waals surface area contributed by atoms with Gasteiger partial charge >= 0.3 is 0 Å². The number of nitrogens with zero attached hydrogens (tertiary/aromatic N) is 4. The molecular formula is C16H21N7OS. The molecule has 25 heavy (non-hydrogen) atoms. The predicted octanol–water partition coefficient (Wildman–Crippen LogP) is 2.05. The van der Waals surface area contributed by atoms with Gasteiger partial charge in [-0.15, -0.1) is 11.3 Å². The van der Waals surface area contributed by atoms with Gasteiger partial charge in [0.2, 0.25) is 5.82 Å². The minimum absolute atomic E-state index is 0.567. The monoisotopic (exact) mass is 359 g/mol. The van der Waals surface area contributed by atoms with Gasteiger partial charge in [0.05, 0.1) is 18.5 Å². The van der Waals surface area contributed by atoms with Crippen LogP contribution >= 0.6 is 11.3 Å². The van der Waals surface area contributed by atoms with Crippen LogP contribution in [-0.2, 0) is 13.0 Å². The van der Waals surface area contributed by atoms with Crippen LogP contribution in [0.15, 0.2) is 27.8 Å². The van der Waals surface area contributed by atoms with Crippen molar-refractivity contribution in [2.45, 2.75) is 26.8 Å². The van der Waals surface area contributed by atoms with Crippen molar-refractivity contribution < 1.29 is 4.42 Å². The van der Waals surface area contributed by atoms with Crippen molar-refractivity contribution in [1.82, 2.24) is 30.8 Å². The molecule has 3 heterocycles. The SMILES string of the molecule is CN=C(NCCc1nc(-c2ccco2)n[nH]1)NCc1nc(C)c(C)s1. The Hall–Kier alpha value is -2.68. The van der Waals surface area contributed by atoms with Crippen molar-refractivity contribution in [2.75, 3.05) is 13.6 Å². The number of thiazole rings is 1. The third kappa shape index (κ3) is 4.44. The number of guanidine groups is 1. The van der Waals surface area contributed by atoms with Crippen molar-refractivity contribution in [3.63, 3.8) is 0 Å². The van der Waals surface area contributed by atoms with E-state index in [1.807, 2.05) is 19.1 Å². The highest BCUT2D eigenvalue weighted by atomic mass is 32.1. The highest BCUT2D eigenvalue weighted by Crippen LogP contribution is 2.16. The van der Waals surface area contributed by atoms with Gasteiger partial charge in [-0.05, 0) is 26.0 Å². The maximum absolute atomic E-state index is 5.28. The van der Waals surface area contributed by atoms with E-state index in [-0.39, 0.29) is 0 Å². The van der Waals surface area contributed by atoms with E-state index in [1.165, 1.54) is 4.88 Å². The first-order valence-electron chi connectivity index (χ1n) is 7.98. The van der Waals surface area contributed by atoms with E-state index in [2.05, 4.69) is 42.7 Å². The maximum atomic E-state index is 5.28. The van der Waals surface area contributed by atoms with E-state index in [4.69, 9.17) is 4.42 Å². The van der Waals surface area contributed by atoms with Crippen LogP contribution in [0.5, 0.6) is 0 Å². The molecule has 0 radical (unpaired) electrons. The van der Waals surface area contributed by atoms with Gasteiger partial charge in [0, 0.05) is 24.9 Å². The first-order chi connectivity index (χ1) is 12.2. The summed E-state index contributed by atoms with van der Waals surface area (Å²) in [5.74, 6) is 2.75. The molecule has 9 heteroatoms. The Morgan fingerprint density at radius 3 is 2.88 bits per heavy atom. The summed E-state index contributed by atoms with van der Waals surface area (Å²) in [6.07, 6.45) is 2.30. The second-order valence-electron chi connectivity index (χ2n) is 5.43. The Bertz CT molecular complexity index is 815. The molecule has 3 aromatic rings. The molecule has 0 aliphatic rings. The average molecular weight is 359 g/mol. The summed E-state index contributed by atoms with van der Waals surface area (Å²) in [4.78, 5) is 14.4. The van der Waals surface area contributed by atoms with Crippen LogP contribution in [0.2, 0.25) is 0 Å². The topological polar surface area (TPSA) is 104 Å². The molecule has 0 aliphatic carbocycles. The number of aromatic nitrogens is 4. The van der Waals surface area contributed by atoms with Gasteiger partial charge in [0.1, 0.15) is 10.8 Å². The summed E-state index contributed by atoms with van der Waals surface area (Å²) in [6, 6.07) is 3.65. The Kier molecular flexibility index (Phi) is 5.44. The minimum Gasteiger partial charge on any atom is -0.461 e.